The lowest BCUT2D eigenvalue weighted by Gasteiger charge is -2.13. The van der Waals surface area contributed by atoms with Crippen LogP contribution in [0, 0.1) is 0 Å². The van der Waals surface area contributed by atoms with Crippen molar-refractivity contribution in [2.45, 2.75) is 6.54 Å². The molecule has 0 unspecified atom stereocenters. The molecule has 21 heavy (non-hydrogen) atoms. The highest BCUT2D eigenvalue weighted by Gasteiger charge is 2.08. The van der Waals surface area contributed by atoms with Gasteiger partial charge in [-0.25, -0.2) is 9.67 Å². The van der Waals surface area contributed by atoms with E-state index in [9.17, 15) is 5.11 Å². The topological polar surface area (TPSA) is 63.0 Å². The predicted molar refractivity (Wildman–Crippen MR) is 81.8 cm³/mol. The molecule has 1 heterocycles. The van der Waals surface area contributed by atoms with Crippen LogP contribution in [0.2, 0.25) is 5.02 Å². The Morgan fingerprint density at radius 2 is 2.00 bits per heavy atom. The van der Waals surface area contributed by atoms with Crippen LogP contribution in [0.25, 0.3) is 5.69 Å². The van der Waals surface area contributed by atoms with Crippen LogP contribution in [0.3, 0.4) is 0 Å². The van der Waals surface area contributed by atoms with Crippen molar-refractivity contribution in [3.05, 3.63) is 65.7 Å². The summed E-state index contributed by atoms with van der Waals surface area (Å²) in [6.45, 7) is 0.414. The van der Waals surface area contributed by atoms with E-state index in [0.29, 0.717) is 17.1 Å². The first kappa shape index (κ1) is 13.5. The maximum absolute atomic E-state index is 9.87. The van der Waals surface area contributed by atoms with E-state index in [0.717, 1.165) is 11.4 Å². The molecule has 1 aromatic heterocycles. The van der Waals surface area contributed by atoms with Crippen molar-refractivity contribution in [1.29, 1.82) is 0 Å². The maximum atomic E-state index is 9.87. The molecule has 0 bridgehead atoms. The van der Waals surface area contributed by atoms with Crippen LogP contribution >= 0.6 is 11.6 Å². The smallest absolute Gasteiger partial charge is 0.138 e. The van der Waals surface area contributed by atoms with Crippen LogP contribution in [0.4, 0.5) is 5.69 Å². The molecule has 6 heteroatoms. The number of rotatable bonds is 4. The second-order valence-electron chi connectivity index (χ2n) is 4.45. The van der Waals surface area contributed by atoms with Gasteiger partial charge in [0, 0.05) is 17.1 Å². The zero-order valence-electron chi connectivity index (χ0n) is 11.1. The van der Waals surface area contributed by atoms with Crippen molar-refractivity contribution >= 4 is 17.3 Å². The molecule has 0 aliphatic carbocycles. The van der Waals surface area contributed by atoms with E-state index in [-0.39, 0.29) is 5.75 Å². The Morgan fingerprint density at radius 1 is 1.14 bits per heavy atom. The average Bonchev–Trinajstić information content (AvgIpc) is 3.01. The van der Waals surface area contributed by atoms with Gasteiger partial charge in [-0.15, -0.1) is 0 Å². The molecule has 106 valence electrons. The lowest BCUT2D eigenvalue weighted by Crippen LogP contribution is -2.05. The molecule has 0 saturated heterocycles. The quantitative estimate of drug-likeness (QED) is 0.776. The predicted octanol–water partition coefficient (Wildman–Crippen LogP) is 3.24. The van der Waals surface area contributed by atoms with E-state index < -0.39 is 0 Å². The van der Waals surface area contributed by atoms with Crippen LogP contribution in [0.5, 0.6) is 5.75 Å². The number of aromatic hydroxyl groups is 1. The maximum Gasteiger partial charge on any atom is 0.138 e. The van der Waals surface area contributed by atoms with Gasteiger partial charge in [0.25, 0.3) is 0 Å². The van der Waals surface area contributed by atoms with Gasteiger partial charge in [-0.3, -0.25) is 0 Å². The number of anilines is 1. The fourth-order valence-electron chi connectivity index (χ4n) is 2.06. The second-order valence-corrected chi connectivity index (χ2v) is 4.86. The summed E-state index contributed by atoms with van der Waals surface area (Å²) in [5, 5.41) is 17.8. The van der Waals surface area contributed by atoms with Gasteiger partial charge in [-0.2, -0.15) is 5.10 Å². The molecular formula is C15H13ClN4O. The summed E-state index contributed by atoms with van der Waals surface area (Å²) in [4.78, 5) is 3.95. The number of halogens is 1. The molecule has 2 aromatic carbocycles. The molecule has 0 aliphatic rings. The van der Waals surface area contributed by atoms with Crippen molar-refractivity contribution in [3.63, 3.8) is 0 Å². The number of hydrogen-bond donors (Lipinski definition) is 2. The summed E-state index contributed by atoms with van der Waals surface area (Å²) in [7, 11) is 0. The van der Waals surface area contributed by atoms with Crippen molar-refractivity contribution in [2.75, 3.05) is 5.32 Å². The van der Waals surface area contributed by atoms with Gasteiger partial charge >= 0.3 is 0 Å². The van der Waals surface area contributed by atoms with Gasteiger partial charge in [0.05, 0.1) is 11.4 Å². The standard InChI is InChI=1S/C15H13ClN4O/c16-12-4-3-7-15(21)11(12)8-18-13-5-1-2-6-14(13)20-10-17-9-19-20/h1-7,9-10,18,21H,8H2. The van der Waals surface area contributed by atoms with Gasteiger partial charge in [0.15, 0.2) is 0 Å². The third kappa shape index (κ3) is 2.83. The Kier molecular flexibility index (Phi) is 3.75. The summed E-state index contributed by atoms with van der Waals surface area (Å²) in [5.41, 5.74) is 2.41. The fraction of sp³-hybridized carbons (Fsp3) is 0.0667. The zero-order chi connectivity index (χ0) is 14.7. The van der Waals surface area contributed by atoms with Crippen molar-refractivity contribution in [2.24, 2.45) is 0 Å². The number of hydrogen-bond acceptors (Lipinski definition) is 4. The number of nitrogens with one attached hydrogen (secondary N) is 1. The highest BCUT2D eigenvalue weighted by molar-refractivity contribution is 6.31. The largest absolute Gasteiger partial charge is 0.508 e. The lowest BCUT2D eigenvalue weighted by molar-refractivity contribution is 0.469. The van der Waals surface area contributed by atoms with Gasteiger partial charge in [0.1, 0.15) is 18.4 Å². The van der Waals surface area contributed by atoms with E-state index in [2.05, 4.69) is 15.4 Å². The Labute approximate surface area is 126 Å². The molecule has 5 nitrogen and oxygen atoms in total. The van der Waals surface area contributed by atoms with Crippen LogP contribution in [-0.4, -0.2) is 19.9 Å². The summed E-state index contributed by atoms with van der Waals surface area (Å²) in [5.74, 6) is 0.174. The van der Waals surface area contributed by atoms with Crippen LogP contribution in [-0.2, 0) is 6.54 Å². The summed E-state index contributed by atoms with van der Waals surface area (Å²) in [6.07, 6.45) is 3.12. The number of nitrogens with zero attached hydrogens (tertiary/aromatic N) is 3. The number of phenolic OH excluding ortho intramolecular Hbond substituents is 1. The molecular weight excluding hydrogens is 288 g/mol. The van der Waals surface area contributed by atoms with E-state index >= 15 is 0 Å². The van der Waals surface area contributed by atoms with Gasteiger partial charge < -0.3 is 10.4 Å². The van der Waals surface area contributed by atoms with Crippen LogP contribution in [0.1, 0.15) is 5.56 Å². The van der Waals surface area contributed by atoms with Crippen molar-refractivity contribution < 1.29 is 5.11 Å². The number of benzene rings is 2. The molecule has 0 fully saturated rings. The van der Waals surface area contributed by atoms with Crippen molar-refractivity contribution in [3.8, 4) is 11.4 Å². The first-order valence-corrected chi connectivity index (χ1v) is 6.78. The Hall–Kier alpha value is -2.53. The van der Waals surface area contributed by atoms with Crippen LogP contribution in [0.15, 0.2) is 55.1 Å². The summed E-state index contributed by atoms with van der Waals surface area (Å²) < 4.78 is 1.68. The van der Waals surface area contributed by atoms with Gasteiger partial charge in [0.2, 0.25) is 0 Å². The highest BCUT2D eigenvalue weighted by atomic mass is 35.5. The third-order valence-corrected chi connectivity index (χ3v) is 3.47. The van der Waals surface area contributed by atoms with Crippen molar-refractivity contribution in [1.82, 2.24) is 14.8 Å². The molecule has 0 amide bonds. The van der Waals surface area contributed by atoms with E-state index in [1.54, 1.807) is 29.2 Å². The normalized spacial score (nSPS) is 10.5. The number of aromatic nitrogens is 3. The first-order valence-electron chi connectivity index (χ1n) is 6.40. The summed E-state index contributed by atoms with van der Waals surface area (Å²) in [6, 6.07) is 12.8. The third-order valence-electron chi connectivity index (χ3n) is 3.12. The van der Waals surface area contributed by atoms with E-state index in [1.165, 1.54) is 6.33 Å². The molecule has 3 aromatic rings. The SMILES string of the molecule is Oc1cccc(Cl)c1CNc1ccccc1-n1cncn1. The zero-order valence-corrected chi connectivity index (χ0v) is 11.8. The molecule has 0 radical (unpaired) electrons. The lowest BCUT2D eigenvalue weighted by atomic mass is 10.2. The van der Waals surface area contributed by atoms with Gasteiger partial charge in [-0.1, -0.05) is 29.8 Å². The molecule has 0 saturated carbocycles. The van der Waals surface area contributed by atoms with E-state index in [4.69, 9.17) is 11.6 Å². The molecule has 3 rings (SSSR count). The minimum absolute atomic E-state index is 0.174. The minimum Gasteiger partial charge on any atom is -0.508 e. The number of phenols is 1. The molecule has 2 N–H and O–H groups in total. The highest BCUT2D eigenvalue weighted by Crippen LogP contribution is 2.27. The molecule has 0 aliphatic heterocycles. The molecule has 0 atom stereocenters. The average molecular weight is 301 g/mol. The van der Waals surface area contributed by atoms with E-state index in [1.807, 2.05) is 24.3 Å². The Morgan fingerprint density at radius 3 is 2.76 bits per heavy atom. The van der Waals surface area contributed by atoms with Crippen LogP contribution < -0.4 is 5.32 Å². The number of para-hydroxylation sites is 2. The minimum atomic E-state index is 0.174. The summed E-state index contributed by atoms with van der Waals surface area (Å²) >= 11 is 6.11. The fourth-order valence-corrected chi connectivity index (χ4v) is 2.30. The molecule has 0 spiro atoms. The first-order chi connectivity index (χ1) is 10.3. The monoisotopic (exact) mass is 300 g/mol. The Bertz CT molecular complexity index is 723. The second kappa shape index (κ2) is 5.85. The van der Waals surface area contributed by atoms with Gasteiger partial charge in [-0.05, 0) is 24.3 Å². The Balaban J connectivity index is 1.86.